The van der Waals surface area contributed by atoms with E-state index in [9.17, 15) is 0 Å². The molecule has 0 heterocycles. The average molecular weight is 229 g/mol. The molecule has 0 saturated carbocycles. The molecule has 0 aromatic carbocycles. The summed E-state index contributed by atoms with van der Waals surface area (Å²) in [5.41, 5.74) is 0. The maximum atomic E-state index is 4.91. The summed E-state index contributed by atoms with van der Waals surface area (Å²) < 4.78 is 0. The topological polar surface area (TPSA) is 0 Å². The SMILES string of the molecule is [C-]1=CC=CC1.[Cl][Nb][Cl]. The van der Waals surface area contributed by atoms with Crippen molar-refractivity contribution in [3.05, 3.63) is 24.3 Å². The Morgan fingerprint density at radius 1 is 1.50 bits per heavy atom. The number of allylic oxidation sites excluding steroid dienone is 4. The van der Waals surface area contributed by atoms with Crippen LogP contribution in [-0.2, 0) is 17.6 Å². The van der Waals surface area contributed by atoms with E-state index in [1.54, 1.807) is 0 Å². The Balaban J connectivity index is 0.000000145. The summed E-state index contributed by atoms with van der Waals surface area (Å²) in [6.45, 7) is 0. The standard InChI is InChI=1S/C5H5.2ClH.Nb/c1-2-4-5-3-1;;;/h1-3H,4H2;2*1H;/q-1;;;+2/p-2. The Kier molecular flexibility index (Phi) is 8.58. The molecule has 0 unspecified atom stereocenters. The van der Waals surface area contributed by atoms with Gasteiger partial charge in [0.1, 0.15) is 0 Å². The van der Waals surface area contributed by atoms with Crippen LogP contribution in [0.15, 0.2) is 18.2 Å². The van der Waals surface area contributed by atoms with Crippen molar-refractivity contribution in [1.82, 2.24) is 0 Å². The fourth-order valence-electron chi connectivity index (χ4n) is 0.340. The van der Waals surface area contributed by atoms with E-state index < -0.39 is 17.6 Å². The average Bonchev–Trinajstić information content (AvgIpc) is 2.17. The van der Waals surface area contributed by atoms with Crippen molar-refractivity contribution < 1.29 is 17.6 Å². The van der Waals surface area contributed by atoms with Gasteiger partial charge in [-0.05, 0) is 0 Å². The molecule has 0 spiro atoms. The zero-order valence-corrected chi connectivity index (χ0v) is 7.85. The first-order valence-electron chi connectivity index (χ1n) is 2.06. The van der Waals surface area contributed by atoms with E-state index in [2.05, 4.69) is 12.2 Å². The number of hydrogen-bond donors (Lipinski definition) is 0. The van der Waals surface area contributed by atoms with Gasteiger partial charge in [-0.25, -0.2) is 12.2 Å². The minimum atomic E-state index is -0.706. The van der Waals surface area contributed by atoms with E-state index in [0.717, 1.165) is 6.42 Å². The van der Waals surface area contributed by atoms with E-state index in [-0.39, 0.29) is 0 Å². The molecule has 0 nitrogen and oxygen atoms in total. The molecule has 1 aliphatic rings. The fourth-order valence-corrected chi connectivity index (χ4v) is 0.340. The van der Waals surface area contributed by atoms with Crippen LogP contribution in [0.5, 0.6) is 0 Å². The molecule has 0 atom stereocenters. The van der Waals surface area contributed by atoms with Gasteiger partial charge in [-0.15, -0.1) is 6.42 Å². The normalized spacial score (nSPS) is 12.8. The molecule has 1 rings (SSSR count). The van der Waals surface area contributed by atoms with Crippen LogP contribution in [0, 0.1) is 6.08 Å². The monoisotopic (exact) mass is 228 g/mol. The molecule has 0 bridgehead atoms. The summed E-state index contributed by atoms with van der Waals surface area (Å²) in [5.74, 6) is 0. The van der Waals surface area contributed by atoms with Crippen molar-refractivity contribution in [2.45, 2.75) is 6.42 Å². The predicted molar refractivity (Wildman–Crippen MR) is 33.3 cm³/mol. The van der Waals surface area contributed by atoms with Gasteiger partial charge in [-0.2, -0.15) is 6.08 Å². The molecule has 0 aromatic heterocycles. The quantitative estimate of drug-likeness (QED) is 0.442. The molecular formula is C5H5Cl2Nb-. The first-order valence-corrected chi connectivity index (χ1v) is 7.72. The second-order valence-electron chi connectivity index (χ2n) is 1.07. The number of rotatable bonds is 0. The number of halogens is 2. The molecule has 0 radical (unpaired) electrons. The van der Waals surface area contributed by atoms with Gasteiger partial charge in [-0.3, -0.25) is 6.08 Å². The minimum absolute atomic E-state index is 0.706. The van der Waals surface area contributed by atoms with Crippen LogP contribution in [0.25, 0.3) is 0 Å². The van der Waals surface area contributed by atoms with Gasteiger partial charge < -0.3 is 0 Å². The first-order chi connectivity index (χ1) is 3.91. The van der Waals surface area contributed by atoms with E-state index in [4.69, 9.17) is 18.4 Å². The molecule has 1 aliphatic carbocycles. The van der Waals surface area contributed by atoms with Gasteiger partial charge in [0.25, 0.3) is 0 Å². The van der Waals surface area contributed by atoms with Crippen molar-refractivity contribution in [2.75, 3.05) is 0 Å². The van der Waals surface area contributed by atoms with Crippen LogP contribution in [-0.4, -0.2) is 0 Å². The molecule has 0 N–H and O–H groups in total. The summed E-state index contributed by atoms with van der Waals surface area (Å²) in [6.07, 6.45) is 10.0. The molecule has 0 saturated heterocycles. The van der Waals surface area contributed by atoms with Gasteiger partial charge in [-0.1, -0.05) is 0 Å². The maximum absolute atomic E-state index is 4.91. The van der Waals surface area contributed by atoms with Crippen LogP contribution in [0.3, 0.4) is 0 Å². The zero-order chi connectivity index (χ0) is 6.24. The molecule has 45 valence electrons. The molecule has 3 heteroatoms. The fraction of sp³-hybridized carbons (Fsp3) is 0.200. The van der Waals surface area contributed by atoms with E-state index in [1.807, 2.05) is 12.2 Å². The second-order valence-corrected chi connectivity index (χ2v) is 4.40. The van der Waals surface area contributed by atoms with Gasteiger partial charge in [0.05, 0.1) is 0 Å². The Hall–Kier alpha value is 0.800. The van der Waals surface area contributed by atoms with Crippen LogP contribution >= 0.6 is 18.4 Å². The third kappa shape index (κ3) is 6.80. The summed E-state index contributed by atoms with van der Waals surface area (Å²) in [5, 5.41) is 0. The van der Waals surface area contributed by atoms with Gasteiger partial charge in [0.15, 0.2) is 0 Å². The molecular weight excluding hydrogens is 224 g/mol. The molecule has 0 fully saturated rings. The van der Waals surface area contributed by atoms with Crippen LogP contribution in [0.2, 0.25) is 0 Å². The van der Waals surface area contributed by atoms with E-state index in [0.29, 0.717) is 0 Å². The molecule has 8 heavy (non-hydrogen) atoms. The van der Waals surface area contributed by atoms with Gasteiger partial charge in [0.2, 0.25) is 0 Å². The Labute approximate surface area is 66.5 Å². The zero-order valence-electron chi connectivity index (χ0n) is 4.14. The van der Waals surface area contributed by atoms with E-state index >= 15 is 0 Å². The van der Waals surface area contributed by atoms with Crippen molar-refractivity contribution >= 4 is 18.4 Å². The second kappa shape index (κ2) is 7.80. The Morgan fingerprint density at radius 3 is 2.25 bits per heavy atom. The van der Waals surface area contributed by atoms with Gasteiger partial charge >= 0.3 is 36.0 Å². The summed E-state index contributed by atoms with van der Waals surface area (Å²) in [7, 11) is 9.83. The molecule has 0 aromatic rings. The third-order valence-electron chi connectivity index (χ3n) is 0.586. The van der Waals surface area contributed by atoms with Crippen LogP contribution in [0.1, 0.15) is 6.42 Å². The van der Waals surface area contributed by atoms with Crippen LogP contribution in [0.4, 0.5) is 0 Å². The summed E-state index contributed by atoms with van der Waals surface area (Å²) in [6, 6.07) is 0. The first kappa shape index (κ1) is 8.80. The summed E-state index contributed by atoms with van der Waals surface area (Å²) >= 11 is -0.706. The third-order valence-corrected chi connectivity index (χ3v) is 0.586. The van der Waals surface area contributed by atoms with Gasteiger partial charge in [0, 0.05) is 0 Å². The van der Waals surface area contributed by atoms with E-state index in [1.165, 1.54) is 0 Å². The van der Waals surface area contributed by atoms with Crippen molar-refractivity contribution in [3.8, 4) is 0 Å². The molecule has 0 aliphatic heterocycles. The Morgan fingerprint density at radius 2 is 2.12 bits per heavy atom. The number of hydrogen-bond acceptors (Lipinski definition) is 0. The van der Waals surface area contributed by atoms with Crippen molar-refractivity contribution in [1.29, 1.82) is 0 Å². The van der Waals surface area contributed by atoms with Crippen LogP contribution < -0.4 is 0 Å². The molecule has 0 amide bonds. The predicted octanol–water partition coefficient (Wildman–Crippen LogP) is 2.68. The van der Waals surface area contributed by atoms with Crippen molar-refractivity contribution in [3.63, 3.8) is 0 Å². The summed E-state index contributed by atoms with van der Waals surface area (Å²) in [4.78, 5) is 0. The van der Waals surface area contributed by atoms with Crippen molar-refractivity contribution in [2.24, 2.45) is 0 Å². The Bertz CT molecular complexity index is 78.4.